The predicted octanol–water partition coefficient (Wildman–Crippen LogP) is 4.41. The van der Waals surface area contributed by atoms with Gasteiger partial charge in [-0.05, 0) is 19.0 Å². The van der Waals surface area contributed by atoms with E-state index in [9.17, 15) is 0 Å². The van der Waals surface area contributed by atoms with Gasteiger partial charge in [-0.2, -0.15) is 0 Å². The van der Waals surface area contributed by atoms with Gasteiger partial charge in [0.15, 0.2) is 0 Å². The molecule has 3 heteroatoms. The van der Waals surface area contributed by atoms with Crippen LogP contribution in [0.3, 0.4) is 0 Å². The molecule has 0 atom stereocenters. The first-order valence-electron chi connectivity index (χ1n) is 6.90. The Morgan fingerprint density at radius 3 is 2.72 bits per heavy atom. The number of hydrogen-bond donors (Lipinski definition) is 1. The number of benzene rings is 1. The molecule has 0 saturated heterocycles. The third-order valence-corrected chi connectivity index (χ3v) is 3.16. The predicted molar refractivity (Wildman–Crippen MR) is 78.5 cm³/mol. The Kier molecular flexibility index (Phi) is 7.86. The second kappa shape index (κ2) is 9.23. The first kappa shape index (κ1) is 15.3. The van der Waals surface area contributed by atoms with E-state index in [-0.39, 0.29) is 0 Å². The summed E-state index contributed by atoms with van der Waals surface area (Å²) < 4.78 is 5.84. The lowest BCUT2D eigenvalue weighted by atomic mass is 10.2. The Labute approximate surface area is 116 Å². The van der Waals surface area contributed by atoms with Gasteiger partial charge in [-0.15, -0.1) is 0 Å². The van der Waals surface area contributed by atoms with E-state index < -0.39 is 0 Å². The Morgan fingerprint density at radius 1 is 1.17 bits per heavy atom. The molecular formula is C15H24ClNO. The molecule has 18 heavy (non-hydrogen) atoms. The minimum Gasteiger partial charge on any atom is -0.492 e. The molecule has 0 fully saturated rings. The highest BCUT2D eigenvalue weighted by atomic mass is 35.5. The summed E-state index contributed by atoms with van der Waals surface area (Å²) in [6.45, 7) is 6.81. The number of para-hydroxylation sites is 1. The van der Waals surface area contributed by atoms with Gasteiger partial charge in [0.1, 0.15) is 5.75 Å². The van der Waals surface area contributed by atoms with Crippen molar-refractivity contribution in [3.63, 3.8) is 0 Å². The summed E-state index contributed by atoms with van der Waals surface area (Å²) in [4.78, 5) is 0. The summed E-state index contributed by atoms with van der Waals surface area (Å²) in [5, 5.41) is 4.01. The molecule has 1 rings (SSSR count). The Bertz CT molecular complexity index is 341. The smallest absolute Gasteiger partial charge is 0.142 e. The minimum absolute atomic E-state index is 0.709. The molecule has 102 valence electrons. The molecule has 0 aliphatic heterocycles. The van der Waals surface area contributed by atoms with Crippen LogP contribution < -0.4 is 10.1 Å². The van der Waals surface area contributed by atoms with Gasteiger partial charge in [0, 0.05) is 12.1 Å². The van der Waals surface area contributed by atoms with E-state index in [1.54, 1.807) is 0 Å². The molecule has 0 saturated carbocycles. The van der Waals surface area contributed by atoms with Crippen LogP contribution in [0.5, 0.6) is 5.75 Å². The van der Waals surface area contributed by atoms with Crippen molar-refractivity contribution in [2.45, 2.75) is 46.1 Å². The lowest BCUT2D eigenvalue weighted by Crippen LogP contribution is -2.13. The number of unbranched alkanes of at least 4 members (excludes halogenated alkanes) is 3. The minimum atomic E-state index is 0.709. The lowest BCUT2D eigenvalue weighted by molar-refractivity contribution is 0.301. The van der Waals surface area contributed by atoms with Crippen LogP contribution in [0.2, 0.25) is 5.02 Å². The van der Waals surface area contributed by atoms with E-state index in [0.717, 1.165) is 37.4 Å². The van der Waals surface area contributed by atoms with E-state index in [4.69, 9.17) is 16.3 Å². The van der Waals surface area contributed by atoms with Crippen LogP contribution in [0.25, 0.3) is 0 Å². The van der Waals surface area contributed by atoms with Crippen molar-refractivity contribution in [3.8, 4) is 5.75 Å². The van der Waals surface area contributed by atoms with Gasteiger partial charge in [-0.3, -0.25) is 0 Å². The van der Waals surface area contributed by atoms with E-state index in [1.165, 1.54) is 19.3 Å². The molecule has 0 aliphatic carbocycles. The normalized spacial score (nSPS) is 10.6. The van der Waals surface area contributed by atoms with Crippen LogP contribution in [0, 0.1) is 0 Å². The average molecular weight is 270 g/mol. The maximum atomic E-state index is 6.20. The summed E-state index contributed by atoms with van der Waals surface area (Å²) in [6, 6.07) is 5.92. The van der Waals surface area contributed by atoms with E-state index in [0.29, 0.717) is 5.02 Å². The first-order valence-corrected chi connectivity index (χ1v) is 7.28. The molecule has 0 heterocycles. The molecular weight excluding hydrogens is 246 g/mol. The van der Waals surface area contributed by atoms with E-state index in [1.807, 2.05) is 12.1 Å². The van der Waals surface area contributed by atoms with Crippen molar-refractivity contribution in [2.75, 3.05) is 13.2 Å². The lowest BCUT2D eigenvalue weighted by Gasteiger charge is -2.13. The van der Waals surface area contributed by atoms with E-state index >= 15 is 0 Å². The Hall–Kier alpha value is -0.730. The maximum absolute atomic E-state index is 6.20. The van der Waals surface area contributed by atoms with Crippen molar-refractivity contribution in [3.05, 3.63) is 28.8 Å². The molecule has 2 nitrogen and oxygen atoms in total. The summed E-state index contributed by atoms with van der Waals surface area (Å²) in [7, 11) is 0. The zero-order valence-electron chi connectivity index (χ0n) is 11.5. The first-order chi connectivity index (χ1) is 8.79. The van der Waals surface area contributed by atoms with Crippen LogP contribution in [0.1, 0.15) is 45.1 Å². The van der Waals surface area contributed by atoms with Crippen LogP contribution >= 0.6 is 11.6 Å². The highest BCUT2D eigenvalue weighted by Gasteiger charge is 2.07. The highest BCUT2D eigenvalue weighted by Crippen LogP contribution is 2.28. The standard InChI is InChI=1S/C15H24ClNO/c1-3-5-6-7-11-18-15-13(12-17-4-2)9-8-10-14(15)16/h8-10,17H,3-7,11-12H2,1-2H3. The molecule has 1 N–H and O–H groups in total. The molecule has 0 aliphatic rings. The van der Waals surface area contributed by atoms with Crippen LogP contribution in [-0.4, -0.2) is 13.2 Å². The summed E-state index contributed by atoms with van der Waals surface area (Å²) in [6.07, 6.45) is 4.84. The van der Waals surface area contributed by atoms with Crippen molar-refractivity contribution in [2.24, 2.45) is 0 Å². The second-order valence-electron chi connectivity index (χ2n) is 4.42. The van der Waals surface area contributed by atoms with Crippen molar-refractivity contribution < 1.29 is 4.74 Å². The molecule has 0 unspecified atom stereocenters. The molecule has 0 aromatic heterocycles. The van der Waals surface area contributed by atoms with Gasteiger partial charge in [0.25, 0.3) is 0 Å². The monoisotopic (exact) mass is 269 g/mol. The maximum Gasteiger partial charge on any atom is 0.142 e. The summed E-state index contributed by atoms with van der Waals surface area (Å²) >= 11 is 6.20. The van der Waals surface area contributed by atoms with Crippen molar-refractivity contribution in [1.29, 1.82) is 0 Å². The third-order valence-electron chi connectivity index (χ3n) is 2.86. The zero-order chi connectivity index (χ0) is 13.2. The molecule has 1 aromatic rings. The van der Waals surface area contributed by atoms with Crippen LogP contribution in [-0.2, 0) is 6.54 Å². The van der Waals surface area contributed by atoms with Crippen LogP contribution in [0.15, 0.2) is 18.2 Å². The van der Waals surface area contributed by atoms with Crippen molar-refractivity contribution in [1.82, 2.24) is 5.32 Å². The molecule has 0 amide bonds. The fraction of sp³-hybridized carbons (Fsp3) is 0.600. The van der Waals surface area contributed by atoms with Gasteiger partial charge in [-0.1, -0.05) is 56.8 Å². The third kappa shape index (κ3) is 5.28. The highest BCUT2D eigenvalue weighted by molar-refractivity contribution is 6.32. The van der Waals surface area contributed by atoms with Gasteiger partial charge in [0.2, 0.25) is 0 Å². The van der Waals surface area contributed by atoms with Gasteiger partial charge >= 0.3 is 0 Å². The van der Waals surface area contributed by atoms with Gasteiger partial charge in [-0.25, -0.2) is 0 Å². The average Bonchev–Trinajstić information content (AvgIpc) is 2.38. The largest absolute Gasteiger partial charge is 0.492 e. The zero-order valence-corrected chi connectivity index (χ0v) is 12.2. The fourth-order valence-electron chi connectivity index (χ4n) is 1.82. The molecule has 0 spiro atoms. The molecule has 0 radical (unpaired) electrons. The number of halogens is 1. The van der Waals surface area contributed by atoms with Gasteiger partial charge < -0.3 is 10.1 Å². The number of hydrogen-bond acceptors (Lipinski definition) is 2. The molecule has 0 bridgehead atoms. The quantitative estimate of drug-likeness (QED) is 0.671. The summed E-state index contributed by atoms with van der Waals surface area (Å²) in [5.74, 6) is 0.844. The SMILES string of the molecule is CCCCCCOc1c(Cl)cccc1CNCC. The number of ether oxygens (including phenoxy) is 1. The van der Waals surface area contributed by atoms with Crippen molar-refractivity contribution >= 4 is 11.6 Å². The second-order valence-corrected chi connectivity index (χ2v) is 4.82. The van der Waals surface area contributed by atoms with Gasteiger partial charge in [0.05, 0.1) is 11.6 Å². The van der Waals surface area contributed by atoms with Crippen LogP contribution in [0.4, 0.5) is 0 Å². The Morgan fingerprint density at radius 2 is 2.00 bits per heavy atom. The fourth-order valence-corrected chi connectivity index (χ4v) is 2.07. The molecule has 1 aromatic carbocycles. The number of rotatable bonds is 9. The van der Waals surface area contributed by atoms with E-state index in [2.05, 4.69) is 25.2 Å². The Balaban J connectivity index is 2.50. The summed E-state index contributed by atoms with van der Waals surface area (Å²) in [5.41, 5.74) is 1.14. The topological polar surface area (TPSA) is 21.3 Å². The number of nitrogens with one attached hydrogen (secondary N) is 1.